The summed E-state index contributed by atoms with van der Waals surface area (Å²) in [5, 5.41) is 6.04. The Balaban J connectivity index is 2.00. The van der Waals surface area contributed by atoms with E-state index in [1.54, 1.807) is 0 Å². The Labute approximate surface area is 126 Å². The monoisotopic (exact) mass is 282 g/mol. The van der Waals surface area contributed by atoms with Crippen molar-refractivity contribution < 1.29 is 4.79 Å². The maximum atomic E-state index is 12.2. The average molecular weight is 282 g/mol. The van der Waals surface area contributed by atoms with Crippen LogP contribution in [0.5, 0.6) is 0 Å². The summed E-state index contributed by atoms with van der Waals surface area (Å²) in [4.78, 5) is 12.2. The van der Waals surface area contributed by atoms with E-state index in [1.165, 1.54) is 5.56 Å². The van der Waals surface area contributed by atoms with Crippen LogP contribution >= 0.6 is 0 Å². The van der Waals surface area contributed by atoms with Crippen LogP contribution in [0.4, 0.5) is 5.69 Å². The molecule has 0 fully saturated rings. The molecule has 0 atom stereocenters. The molecule has 0 aliphatic rings. The number of hydrogen-bond donors (Lipinski definition) is 2. The second kappa shape index (κ2) is 6.93. The fraction of sp³-hybridized carbons (Fsp3) is 0.278. The van der Waals surface area contributed by atoms with Crippen molar-refractivity contribution in [3.63, 3.8) is 0 Å². The maximum Gasteiger partial charge on any atom is 0.251 e. The van der Waals surface area contributed by atoms with E-state index in [0.717, 1.165) is 28.8 Å². The number of rotatable bonds is 5. The normalized spacial score (nSPS) is 10.2. The van der Waals surface area contributed by atoms with Crippen LogP contribution in [-0.4, -0.2) is 13.0 Å². The fourth-order valence-corrected chi connectivity index (χ4v) is 2.24. The Hall–Kier alpha value is -2.29. The molecular weight excluding hydrogens is 260 g/mol. The largest absolute Gasteiger partial charge is 0.388 e. The van der Waals surface area contributed by atoms with E-state index in [9.17, 15) is 4.79 Å². The van der Waals surface area contributed by atoms with Crippen molar-refractivity contribution in [3.05, 3.63) is 64.7 Å². The molecule has 0 aliphatic carbocycles. The Kier molecular flexibility index (Phi) is 4.99. The standard InChI is InChI=1S/C18H22N2O/c1-4-14-5-7-15(8-6-14)12-20-18(21)17-10-9-16(19-3)11-13(17)2/h5-11,19H,4,12H2,1-3H3,(H,20,21). The molecule has 0 aromatic heterocycles. The Bertz CT molecular complexity index is 618. The number of carbonyl (C=O) groups excluding carboxylic acids is 1. The molecule has 3 nitrogen and oxygen atoms in total. The van der Waals surface area contributed by atoms with Gasteiger partial charge in [-0.3, -0.25) is 4.79 Å². The summed E-state index contributed by atoms with van der Waals surface area (Å²) in [5.74, 6) is -0.0327. The van der Waals surface area contributed by atoms with Crippen LogP contribution in [0.1, 0.15) is 34.0 Å². The smallest absolute Gasteiger partial charge is 0.251 e. The molecule has 3 heteroatoms. The minimum atomic E-state index is -0.0327. The summed E-state index contributed by atoms with van der Waals surface area (Å²) in [7, 11) is 1.87. The van der Waals surface area contributed by atoms with Crippen LogP contribution in [0.2, 0.25) is 0 Å². The highest BCUT2D eigenvalue weighted by Crippen LogP contribution is 2.15. The minimum absolute atomic E-state index is 0.0327. The van der Waals surface area contributed by atoms with Gasteiger partial charge < -0.3 is 10.6 Å². The molecule has 0 heterocycles. The molecule has 0 saturated carbocycles. The molecule has 2 aromatic carbocycles. The lowest BCUT2D eigenvalue weighted by Crippen LogP contribution is -2.23. The first-order chi connectivity index (χ1) is 10.1. The van der Waals surface area contributed by atoms with E-state index in [4.69, 9.17) is 0 Å². The number of aryl methyl sites for hydroxylation is 2. The second-order valence-electron chi connectivity index (χ2n) is 5.13. The number of amides is 1. The molecular formula is C18H22N2O. The number of nitrogens with one attached hydrogen (secondary N) is 2. The molecule has 2 N–H and O–H groups in total. The summed E-state index contributed by atoms with van der Waals surface area (Å²) in [6, 6.07) is 14.1. The molecule has 0 radical (unpaired) electrons. The summed E-state index contributed by atoms with van der Waals surface area (Å²) < 4.78 is 0. The maximum absolute atomic E-state index is 12.2. The number of hydrogen-bond acceptors (Lipinski definition) is 2. The van der Waals surface area contributed by atoms with Gasteiger partial charge in [-0.05, 0) is 48.2 Å². The van der Waals surface area contributed by atoms with Crippen LogP contribution in [-0.2, 0) is 13.0 Å². The van der Waals surface area contributed by atoms with Crippen molar-refractivity contribution in [2.24, 2.45) is 0 Å². The Morgan fingerprint density at radius 2 is 1.71 bits per heavy atom. The highest BCUT2D eigenvalue weighted by Gasteiger charge is 2.08. The predicted octanol–water partition coefficient (Wildman–Crippen LogP) is 3.53. The fourth-order valence-electron chi connectivity index (χ4n) is 2.24. The van der Waals surface area contributed by atoms with Gasteiger partial charge in [0, 0.05) is 24.8 Å². The summed E-state index contributed by atoms with van der Waals surface area (Å²) in [6.45, 7) is 4.64. The van der Waals surface area contributed by atoms with Gasteiger partial charge in [-0.1, -0.05) is 31.2 Å². The van der Waals surface area contributed by atoms with Gasteiger partial charge in [0.05, 0.1) is 0 Å². The molecule has 0 unspecified atom stereocenters. The summed E-state index contributed by atoms with van der Waals surface area (Å²) in [5.41, 5.74) is 5.13. The SMILES string of the molecule is CCc1ccc(CNC(=O)c2ccc(NC)cc2C)cc1. The number of benzene rings is 2. The highest BCUT2D eigenvalue weighted by molar-refractivity contribution is 5.96. The van der Waals surface area contributed by atoms with Crippen LogP contribution in [0.25, 0.3) is 0 Å². The molecule has 2 rings (SSSR count). The lowest BCUT2D eigenvalue weighted by Gasteiger charge is -2.10. The molecule has 21 heavy (non-hydrogen) atoms. The third-order valence-electron chi connectivity index (χ3n) is 3.64. The molecule has 0 bridgehead atoms. The van der Waals surface area contributed by atoms with E-state index in [-0.39, 0.29) is 5.91 Å². The quantitative estimate of drug-likeness (QED) is 0.881. The molecule has 110 valence electrons. The third-order valence-corrected chi connectivity index (χ3v) is 3.64. The number of anilines is 1. The van der Waals surface area contributed by atoms with Crippen molar-refractivity contribution in [1.82, 2.24) is 5.32 Å². The van der Waals surface area contributed by atoms with Crippen LogP contribution < -0.4 is 10.6 Å². The van der Waals surface area contributed by atoms with Crippen LogP contribution in [0.15, 0.2) is 42.5 Å². The predicted molar refractivity (Wildman–Crippen MR) is 87.7 cm³/mol. The van der Waals surface area contributed by atoms with Crippen molar-refractivity contribution in [3.8, 4) is 0 Å². The first kappa shape index (κ1) is 15.1. The van der Waals surface area contributed by atoms with Gasteiger partial charge in [0.1, 0.15) is 0 Å². The van der Waals surface area contributed by atoms with Crippen molar-refractivity contribution in [2.75, 3.05) is 12.4 Å². The number of carbonyl (C=O) groups is 1. The topological polar surface area (TPSA) is 41.1 Å². The van der Waals surface area contributed by atoms with E-state index in [1.807, 2.05) is 32.2 Å². The van der Waals surface area contributed by atoms with E-state index in [0.29, 0.717) is 6.54 Å². The average Bonchev–Trinajstić information content (AvgIpc) is 2.52. The molecule has 0 saturated heterocycles. The summed E-state index contributed by atoms with van der Waals surface area (Å²) >= 11 is 0. The van der Waals surface area contributed by atoms with E-state index >= 15 is 0 Å². The second-order valence-corrected chi connectivity index (χ2v) is 5.13. The van der Waals surface area contributed by atoms with Crippen molar-refractivity contribution >= 4 is 11.6 Å². The van der Waals surface area contributed by atoms with Gasteiger partial charge >= 0.3 is 0 Å². The minimum Gasteiger partial charge on any atom is -0.388 e. The van der Waals surface area contributed by atoms with Gasteiger partial charge in [0.2, 0.25) is 0 Å². The lowest BCUT2D eigenvalue weighted by molar-refractivity contribution is 0.0950. The molecule has 0 spiro atoms. The molecule has 1 amide bonds. The first-order valence-electron chi connectivity index (χ1n) is 7.28. The third kappa shape index (κ3) is 3.85. The van der Waals surface area contributed by atoms with Gasteiger partial charge in [-0.25, -0.2) is 0 Å². The zero-order valence-corrected chi connectivity index (χ0v) is 12.9. The van der Waals surface area contributed by atoms with Gasteiger partial charge in [0.25, 0.3) is 5.91 Å². The highest BCUT2D eigenvalue weighted by atomic mass is 16.1. The Morgan fingerprint density at radius 3 is 2.29 bits per heavy atom. The van der Waals surface area contributed by atoms with Crippen molar-refractivity contribution in [1.29, 1.82) is 0 Å². The van der Waals surface area contributed by atoms with Crippen molar-refractivity contribution in [2.45, 2.75) is 26.8 Å². The van der Waals surface area contributed by atoms with E-state index < -0.39 is 0 Å². The lowest BCUT2D eigenvalue weighted by atomic mass is 10.1. The van der Waals surface area contributed by atoms with Gasteiger partial charge in [-0.15, -0.1) is 0 Å². The van der Waals surface area contributed by atoms with Gasteiger partial charge in [-0.2, -0.15) is 0 Å². The molecule has 0 aliphatic heterocycles. The van der Waals surface area contributed by atoms with Crippen LogP contribution in [0, 0.1) is 6.92 Å². The Morgan fingerprint density at radius 1 is 1.05 bits per heavy atom. The summed E-state index contributed by atoms with van der Waals surface area (Å²) in [6.07, 6.45) is 1.03. The van der Waals surface area contributed by atoms with E-state index in [2.05, 4.69) is 41.8 Å². The van der Waals surface area contributed by atoms with Gasteiger partial charge in [0.15, 0.2) is 0 Å². The van der Waals surface area contributed by atoms with Crippen LogP contribution in [0.3, 0.4) is 0 Å². The zero-order valence-electron chi connectivity index (χ0n) is 12.9. The first-order valence-corrected chi connectivity index (χ1v) is 7.28. The zero-order chi connectivity index (χ0) is 15.2. The molecule has 2 aromatic rings.